The van der Waals surface area contributed by atoms with Crippen molar-refractivity contribution in [2.24, 2.45) is 0 Å². The van der Waals surface area contributed by atoms with Gasteiger partial charge in [-0.05, 0) is 51.1 Å². The van der Waals surface area contributed by atoms with E-state index in [2.05, 4.69) is 15.3 Å². The molecule has 1 aromatic carbocycles. The van der Waals surface area contributed by atoms with Crippen LogP contribution >= 0.6 is 0 Å². The first-order valence-corrected chi connectivity index (χ1v) is 6.31. The van der Waals surface area contributed by atoms with Crippen LogP contribution in [0, 0.1) is 0 Å². The molecule has 5 nitrogen and oxygen atoms in total. The Morgan fingerprint density at radius 1 is 1.10 bits per heavy atom. The fourth-order valence-corrected chi connectivity index (χ4v) is 1.52. The van der Waals surface area contributed by atoms with Crippen LogP contribution in [0.25, 0.3) is 0 Å². The molecule has 5 heteroatoms. The number of nitrogens with one attached hydrogen (secondary N) is 1. The summed E-state index contributed by atoms with van der Waals surface area (Å²) in [6.45, 7) is 5.52. The fraction of sp³-hybridized carbons (Fsp3) is 0.267. The minimum atomic E-state index is -0.494. The molecule has 0 unspecified atom stereocenters. The Bertz CT molecular complexity index is 574. The van der Waals surface area contributed by atoms with Crippen LogP contribution in [0.2, 0.25) is 0 Å². The van der Waals surface area contributed by atoms with Crippen LogP contribution in [0.1, 0.15) is 31.1 Å². The third kappa shape index (κ3) is 4.05. The van der Waals surface area contributed by atoms with Crippen molar-refractivity contribution in [3.05, 3.63) is 48.3 Å². The molecule has 20 heavy (non-hydrogen) atoms. The van der Waals surface area contributed by atoms with Gasteiger partial charge in [0.1, 0.15) is 5.60 Å². The number of benzene rings is 1. The SMILES string of the molecule is CC(C)(C)OC(=O)c1ccc(Nc2ncccn2)cc1. The number of carbonyl (C=O) groups excluding carboxylic acids is 1. The molecule has 0 aliphatic rings. The van der Waals surface area contributed by atoms with E-state index in [0.29, 0.717) is 11.5 Å². The van der Waals surface area contributed by atoms with Crippen molar-refractivity contribution in [1.29, 1.82) is 0 Å². The summed E-state index contributed by atoms with van der Waals surface area (Å²) in [7, 11) is 0. The van der Waals surface area contributed by atoms with Crippen LogP contribution in [-0.2, 0) is 4.74 Å². The Morgan fingerprint density at radius 3 is 2.25 bits per heavy atom. The van der Waals surface area contributed by atoms with Crippen LogP contribution in [0.5, 0.6) is 0 Å². The average molecular weight is 271 g/mol. The van der Waals surface area contributed by atoms with E-state index < -0.39 is 5.60 Å². The summed E-state index contributed by atoms with van der Waals surface area (Å²) in [6, 6.07) is 8.74. The van der Waals surface area contributed by atoms with Gasteiger partial charge in [0.15, 0.2) is 0 Å². The molecule has 0 aliphatic carbocycles. The van der Waals surface area contributed by atoms with Crippen LogP contribution in [0.3, 0.4) is 0 Å². The molecule has 0 aliphatic heterocycles. The Kier molecular flexibility index (Phi) is 3.98. The highest BCUT2D eigenvalue weighted by molar-refractivity contribution is 5.90. The zero-order chi connectivity index (χ0) is 14.6. The quantitative estimate of drug-likeness (QED) is 0.869. The molecular formula is C15H17N3O2. The number of anilines is 2. The average Bonchev–Trinajstić information content (AvgIpc) is 2.39. The molecular weight excluding hydrogens is 254 g/mol. The zero-order valence-corrected chi connectivity index (χ0v) is 11.8. The Labute approximate surface area is 118 Å². The second-order valence-electron chi connectivity index (χ2n) is 5.28. The number of carbonyl (C=O) groups is 1. The maximum atomic E-state index is 11.9. The van der Waals surface area contributed by atoms with Crippen molar-refractivity contribution >= 4 is 17.6 Å². The van der Waals surface area contributed by atoms with Gasteiger partial charge in [-0.1, -0.05) is 0 Å². The van der Waals surface area contributed by atoms with Gasteiger partial charge in [-0.3, -0.25) is 0 Å². The van der Waals surface area contributed by atoms with E-state index in [0.717, 1.165) is 5.69 Å². The van der Waals surface area contributed by atoms with Gasteiger partial charge in [-0.2, -0.15) is 0 Å². The van der Waals surface area contributed by atoms with Crippen molar-refractivity contribution in [1.82, 2.24) is 9.97 Å². The largest absolute Gasteiger partial charge is 0.456 e. The van der Waals surface area contributed by atoms with E-state index >= 15 is 0 Å². The number of aromatic nitrogens is 2. The monoisotopic (exact) mass is 271 g/mol. The second kappa shape index (κ2) is 5.69. The van der Waals surface area contributed by atoms with E-state index in [9.17, 15) is 4.79 Å². The van der Waals surface area contributed by atoms with Gasteiger partial charge in [0.05, 0.1) is 5.56 Å². The van der Waals surface area contributed by atoms with E-state index in [-0.39, 0.29) is 5.97 Å². The molecule has 0 saturated heterocycles. The number of ether oxygens (including phenoxy) is 1. The molecule has 0 bridgehead atoms. The van der Waals surface area contributed by atoms with Crippen LogP contribution in [0.4, 0.5) is 11.6 Å². The minimum absolute atomic E-state index is 0.333. The molecule has 2 aromatic rings. The molecule has 0 fully saturated rings. The highest BCUT2D eigenvalue weighted by Gasteiger charge is 2.17. The molecule has 0 amide bonds. The maximum absolute atomic E-state index is 11.9. The molecule has 0 spiro atoms. The van der Waals surface area contributed by atoms with Gasteiger partial charge in [0.2, 0.25) is 5.95 Å². The summed E-state index contributed by atoms with van der Waals surface area (Å²) in [5.41, 5.74) is 0.828. The first-order valence-electron chi connectivity index (χ1n) is 6.31. The van der Waals surface area contributed by atoms with Crippen LogP contribution < -0.4 is 5.32 Å². The molecule has 1 aromatic heterocycles. The fourth-order valence-electron chi connectivity index (χ4n) is 1.52. The molecule has 104 valence electrons. The lowest BCUT2D eigenvalue weighted by atomic mass is 10.1. The Balaban J connectivity index is 2.05. The Morgan fingerprint density at radius 2 is 1.70 bits per heavy atom. The van der Waals surface area contributed by atoms with Crippen LogP contribution in [0.15, 0.2) is 42.7 Å². The van der Waals surface area contributed by atoms with Crippen molar-refractivity contribution in [2.45, 2.75) is 26.4 Å². The third-order valence-electron chi connectivity index (χ3n) is 2.34. The lowest BCUT2D eigenvalue weighted by molar-refractivity contribution is 0.00696. The standard InChI is InChI=1S/C15H17N3O2/c1-15(2,3)20-13(19)11-5-7-12(8-6-11)18-14-16-9-4-10-17-14/h4-10H,1-3H3,(H,16,17,18). The minimum Gasteiger partial charge on any atom is -0.456 e. The summed E-state index contributed by atoms with van der Waals surface area (Å²) < 4.78 is 5.30. The third-order valence-corrected chi connectivity index (χ3v) is 2.34. The van der Waals surface area contributed by atoms with Gasteiger partial charge in [0, 0.05) is 18.1 Å². The molecule has 1 N–H and O–H groups in total. The predicted octanol–water partition coefficient (Wildman–Crippen LogP) is 3.18. The first-order chi connectivity index (χ1) is 9.44. The summed E-state index contributed by atoms with van der Waals surface area (Å²) in [5, 5.41) is 3.04. The first kappa shape index (κ1) is 14.0. The van der Waals surface area contributed by atoms with E-state index in [1.165, 1.54) is 0 Å². The van der Waals surface area contributed by atoms with Gasteiger partial charge in [0.25, 0.3) is 0 Å². The number of hydrogen-bond acceptors (Lipinski definition) is 5. The lowest BCUT2D eigenvalue weighted by Gasteiger charge is -2.19. The van der Waals surface area contributed by atoms with E-state index in [4.69, 9.17) is 4.74 Å². The molecule has 0 saturated carbocycles. The topological polar surface area (TPSA) is 64.1 Å². The van der Waals surface area contributed by atoms with Crippen molar-refractivity contribution in [2.75, 3.05) is 5.32 Å². The lowest BCUT2D eigenvalue weighted by Crippen LogP contribution is -2.23. The smallest absolute Gasteiger partial charge is 0.338 e. The number of hydrogen-bond donors (Lipinski definition) is 1. The van der Waals surface area contributed by atoms with Gasteiger partial charge in [-0.15, -0.1) is 0 Å². The zero-order valence-electron chi connectivity index (χ0n) is 11.8. The molecule has 0 atom stereocenters. The summed E-state index contributed by atoms with van der Waals surface area (Å²) in [4.78, 5) is 20.0. The molecule has 0 radical (unpaired) electrons. The number of nitrogens with zero attached hydrogens (tertiary/aromatic N) is 2. The van der Waals surface area contributed by atoms with Gasteiger partial charge in [-0.25, -0.2) is 14.8 Å². The normalized spacial score (nSPS) is 10.9. The highest BCUT2D eigenvalue weighted by Crippen LogP contribution is 2.16. The number of esters is 1. The van der Waals surface area contributed by atoms with Gasteiger partial charge < -0.3 is 10.1 Å². The predicted molar refractivity (Wildman–Crippen MR) is 76.9 cm³/mol. The Hall–Kier alpha value is -2.43. The molecule has 2 rings (SSSR count). The van der Waals surface area contributed by atoms with Crippen molar-refractivity contribution in [3.8, 4) is 0 Å². The maximum Gasteiger partial charge on any atom is 0.338 e. The van der Waals surface area contributed by atoms with Crippen molar-refractivity contribution < 1.29 is 9.53 Å². The van der Waals surface area contributed by atoms with E-state index in [1.807, 2.05) is 20.8 Å². The van der Waals surface area contributed by atoms with Gasteiger partial charge >= 0.3 is 5.97 Å². The summed E-state index contributed by atoms with van der Waals surface area (Å²) in [6.07, 6.45) is 3.31. The van der Waals surface area contributed by atoms with Crippen LogP contribution in [-0.4, -0.2) is 21.5 Å². The summed E-state index contributed by atoms with van der Waals surface area (Å²) >= 11 is 0. The highest BCUT2D eigenvalue weighted by atomic mass is 16.6. The second-order valence-corrected chi connectivity index (χ2v) is 5.28. The molecule has 1 heterocycles. The van der Waals surface area contributed by atoms with Crippen molar-refractivity contribution in [3.63, 3.8) is 0 Å². The van der Waals surface area contributed by atoms with E-state index in [1.54, 1.807) is 42.7 Å². The summed E-state index contributed by atoms with van der Waals surface area (Å²) in [5.74, 6) is 0.178. The number of rotatable bonds is 3.